The van der Waals surface area contributed by atoms with Crippen molar-refractivity contribution >= 4 is 15.9 Å². The van der Waals surface area contributed by atoms with Gasteiger partial charge in [-0.3, -0.25) is 4.68 Å². The van der Waals surface area contributed by atoms with Crippen LogP contribution in [0.2, 0.25) is 0 Å². The van der Waals surface area contributed by atoms with E-state index in [4.69, 9.17) is 10.2 Å². The SMILES string of the molecule is Cn1ncnc1C(N)c1ccoc1Br. The van der Waals surface area contributed by atoms with E-state index in [1.54, 1.807) is 18.0 Å². The first-order valence-corrected chi connectivity index (χ1v) is 4.82. The predicted molar refractivity (Wildman–Crippen MR) is 53.4 cm³/mol. The van der Waals surface area contributed by atoms with E-state index >= 15 is 0 Å². The summed E-state index contributed by atoms with van der Waals surface area (Å²) in [5, 5.41) is 3.96. The molecule has 0 spiro atoms. The van der Waals surface area contributed by atoms with Crippen molar-refractivity contribution in [1.82, 2.24) is 14.8 Å². The Hall–Kier alpha value is -1.14. The van der Waals surface area contributed by atoms with Gasteiger partial charge < -0.3 is 10.2 Å². The van der Waals surface area contributed by atoms with Gasteiger partial charge in [0.05, 0.1) is 12.3 Å². The molecule has 5 nitrogen and oxygen atoms in total. The second-order valence-electron chi connectivity index (χ2n) is 2.87. The van der Waals surface area contributed by atoms with Crippen LogP contribution in [0.25, 0.3) is 0 Å². The lowest BCUT2D eigenvalue weighted by Crippen LogP contribution is -2.16. The number of furan rings is 1. The second-order valence-corrected chi connectivity index (χ2v) is 3.59. The van der Waals surface area contributed by atoms with E-state index in [9.17, 15) is 0 Å². The molecule has 1 unspecified atom stereocenters. The van der Waals surface area contributed by atoms with Crippen molar-refractivity contribution in [2.45, 2.75) is 6.04 Å². The van der Waals surface area contributed by atoms with Crippen LogP contribution < -0.4 is 5.73 Å². The zero-order chi connectivity index (χ0) is 10.1. The molecule has 14 heavy (non-hydrogen) atoms. The van der Waals surface area contributed by atoms with E-state index in [1.165, 1.54) is 6.33 Å². The lowest BCUT2D eigenvalue weighted by molar-refractivity contribution is 0.532. The highest BCUT2D eigenvalue weighted by atomic mass is 79.9. The first kappa shape index (κ1) is 9.42. The summed E-state index contributed by atoms with van der Waals surface area (Å²) in [6, 6.07) is 1.49. The predicted octanol–water partition coefficient (Wildman–Crippen LogP) is 1.22. The monoisotopic (exact) mass is 256 g/mol. The summed E-state index contributed by atoms with van der Waals surface area (Å²) in [7, 11) is 1.80. The highest BCUT2D eigenvalue weighted by molar-refractivity contribution is 9.10. The molecule has 0 fully saturated rings. The summed E-state index contributed by atoms with van der Waals surface area (Å²) < 4.78 is 7.38. The van der Waals surface area contributed by atoms with Crippen LogP contribution in [0.3, 0.4) is 0 Å². The second kappa shape index (κ2) is 3.55. The van der Waals surface area contributed by atoms with Crippen LogP contribution in [0.5, 0.6) is 0 Å². The van der Waals surface area contributed by atoms with E-state index in [0.717, 1.165) is 5.56 Å². The fourth-order valence-electron chi connectivity index (χ4n) is 1.25. The van der Waals surface area contributed by atoms with Crippen LogP contribution >= 0.6 is 15.9 Å². The van der Waals surface area contributed by atoms with Gasteiger partial charge in [-0.05, 0) is 22.0 Å². The molecular weight excluding hydrogens is 248 g/mol. The van der Waals surface area contributed by atoms with E-state index in [0.29, 0.717) is 10.5 Å². The van der Waals surface area contributed by atoms with Gasteiger partial charge in [0.1, 0.15) is 12.2 Å². The Kier molecular flexibility index (Phi) is 2.39. The third-order valence-corrected chi connectivity index (χ3v) is 2.65. The molecule has 0 bridgehead atoms. The van der Waals surface area contributed by atoms with Gasteiger partial charge in [0, 0.05) is 12.6 Å². The third-order valence-electron chi connectivity index (χ3n) is 2.01. The Balaban J connectivity index is 2.38. The molecule has 0 saturated carbocycles. The number of aromatic nitrogens is 3. The third kappa shape index (κ3) is 1.46. The van der Waals surface area contributed by atoms with Gasteiger partial charge in [0.15, 0.2) is 4.67 Å². The van der Waals surface area contributed by atoms with E-state index in [2.05, 4.69) is 26.0 Å². The average molecular weight is 257 g/mol. The van der Waals surface area contributed by atoms with Crippen LogP contribution in [0.15, 0.2) is 27.7 Å². The van der Waals surface area contributed by atoms with Gasteiger partial charge in [-0.15, -0.1) is 0 Å². The summed E-state index contributed by atoms with van der Waals surface area (Å²) in [5.41, 5.74) is 6.86. The number of nitrogens with two attached hydrogens (primary N) is 1. The summed E-state index contributed by atoms with van der Waals surface area (Å²) in [5.74, 6) is 0.701. The molecule has 0 radical (unpaired) electrons. The van der Waals surface area contributed by atoms with Crippen molar-refractivity contribution in [3.63, 3.8) is 0 Å². The maximum Gasteiger partial charge on any atom is 0.174 e. The molecule has 0 saturated heterocycles. The normalized spacial score (nSPS) is 13.1. The fraction of sp³-hybridized carbons (Fsp3) is 0.250. The molecule has 0 aliphatic rings. The molecule has 0 aliphatic heterocycles. The maximum atomic E-state index is 5.99. The van der Waals surface area contributed by atoms with Crippen LogP contribution in [0.1, 0.15) is 17.4 Å². The molecule has 2 aromatic rings. The molecule has 74 valence electrons. The highest BCUT2D eigenvalue weighted by Crippen LogP contribution is 2.26. The molecule has 0 amide bonds. The Bertz CT molecular complexity index is 396. The van der Waals surface area contributed by atoms with Gasteiger partial charge in [-0.1, -0.05) is 0 Å². The lowest BCUT2D eigenvalue weighted by atomic mass is 10.1. The van der Waals surface area contributed by atoms with Gasteiger partial charge >= 0.3 is 0 Å². The standard InChI is InChI=1S/C8H9BrN4O/c1-13-8(11-4-12-13)6(10)5-2-3-14-7(5)9/h2-4,6H,10H2,1H3. The number of hydrogen-bond acceptors (Lipinski definition) is 4. The van der Waals surface area contributed by atoms with Gasteiger partial charge in [0.25, 0.3) is 0 Å². The number of aryl methyl sites for hydroxylation is 1. The summed E-state index contributed by atoms with van der Waals surface area (Å²) in [6.07, 6.45) is 3.05. The largest absolute Gasteiger partial charge is 0.457 e. The molecule has 6 heteroatoms. The van der Waals surface area contributed by atoms with Crippen molar-refractivity contribution in [2.75, 3.05) is 0 Å². The fourth-order valence-corrected chi connectivity index (χ4v) is 1.74. The minimum atomic E-state index is -0.323. The Morgan fingerprint density at radius 1 is 1.64 bits per heavy atom. The zero-order valence-electron chi connectivity index (χ0n) is 7.51. The van der Waals surface area contributed by atoms with Crippen molar-refractivity contribution in [3.8, 4) is 0 Å². The molecule has 2 N–H and O–H groups in total. The van der Waals surface area contributed by atoms with Crippen LogP contribution in [0.4, 0.5) is 0 Å². The van der Waals surface area contributed by atoms with Gasteiger partial charge in [0.2, 0.25) is 0 Å². The van der Waals surface area contributed by atoms with Gasteiger partial charge in [-0.25, -0.2) is 4.98 Å². The molecule has 2 rings (SSSR count). The Labute approximate surface area is 89.0 Å². The summed E-state index contributed by atoms with van der Waals surface area (Å²) >= 11 is 3.27. The van der Waals surface area contributed by atoms with Crippen LogP contribution in [-0.2, 0) is 7.05 Å². The molecule has 0 aliphatic carbocycles. The topological polar surface area (TPSA) is 69.9 Å². The van der Waals surface area contributed by atoms with Crippen LogP contribution in [-0.4, -0.2) is 14.8 Å². The van der Waals surface area contributed by atoms with E-state index < -0.39 is 0 Å². The smallest absolute Gasteiger partial charge is 0.174 e. The van der Waals surface area contributed by atoms with Crippen LogP contribution in [0, 0.1) is 0 Å². The van der Waals surface area contributed by atoms with E-state index in [1.807, 2.05) is 6.07 Å². The molecule has 2 aromatic heterocycles. The van der Waals surface area contributed by atoms with Crippen molar-refractivity contribution < 1.29 is 4.42 Å². The highest BCUT2D eigenvalue weighted by Gasteiger charge is 2.18. The lowest BCUT2D eigenvalue weighted by Gasteiger charge is -2.08. The zero-order valence-corrected chi connectivity index (χ0v) is 9.10. The molecule has 1 atom stereocenters. The number of halogens is 1. The number of nitrogens with zero attached hydrogens (tertiary/aromatic N) is 3. The minimum absolute atomic E-state index is 0.323. The van der Waals surface area contributed by atoms with Crippen molar-refractivity contribution in [2.24, 2.45) is 12.8 Å². The molecule has 0 aromatic carbocycles. The van der Waals surface area contributed by atoms with Gasteiger partial charge in [-0.2, -0.15) is 5.10 Å². The van der Waals surface area contributed by atoms with E-state index in [-0.39, 0.29) is 6.04 Å². The minimum Gasteiger partial charge on any atom is -0.457 e. The maximum absolute atomic E-state index is 5.99. The van der Waals surface area contributed by atoms with Crippen molar-refractivity contribution in [3.05, 3.63) is 34.7 Å². The quantitative estimate of drug-likeness (QED) is 0.878. The number of hydrogen-bond donors (Lipinski definition) is 1. The number of rotatable bonds is 2. The average Bonchev–Trinajstić information content (AvgIpc) is 2.73. The first-order chi connectivity index (χ1) is 6.70. The van der Waals surface area contributed by atoms with Crippen molar-refractivity contribution in [1.29, 1.82) is 0 Å². The first-order valence-electron chi connectivity index (χ1n) is 4.02. The molecule has 2 heterocycles. The summed E-state index contributed by atoms with van der Waals surface area (Å²) in [6.45, 7) is 0. The Morgan fingerprint density at radius 2 is 2.43 bits per heavy atom. The molecular formula is C8H9BrN4O. The summed E-state index contributed by atoms with van der Waals surface area (Å²) in [4.78, 5) is 4.08. The Morgan fingerprint density at radius 3 is 2.93 bits per heavy atom.